The Labute approximate surface area is 113 Å². The second-order valence-corrected chi connectivity index (χ2v) is 5.53. The second kappa shape index (κ2) is 5.70. The van der Waals surface area contributed by atoms with Gasteiger partial charge in [-0.1, -0.05) is 12.1 Å². The number of hydrogen-bond donors (Lipinski definition) is 2. The zero-order valence-corrected chi connectivity index (χ0v) is 11.5. The first-order valence-electron chi connectivity index (χ1n) is 6.76. The third kappa shape index (κ3) is 3.32. The summed E-state index contributed by atoms with van der Waals surface area (Å²) in [6, 6.07) is 3.72. The first-order valence-corrected chi connectivity index (χ1v) is 6.76. The van der Waals surface area contributed by atoms with Gasteiger partial charge in [0.05, 0.1) is 0 Å². The molecule has 2 atom stereocenters. The number of rotatable bonds is 3. The van der Waals surface area contributed by atoms with Crippen LogP contribution < -0.4 is 11.1 Å². The molecule has 0 bridgehead atoms. The number of benzene rings is 1. The molecule has 1 aliphatic carbocycles. The summed E-state index contributed by atoms with van der Waals surface area (Å²) in [5.41, 5.74) is 7.98. The van der Waals surface area contributed by atoms with Crippen LogP contribution in [0.1, 0.15) is 36.0 Å². The SMILES string of the molecule is Cc1cc(CNC(=O)C2CCC(N)C2)cc(C)c1F. The maximum Gasteiger partial charge on any atom is 0.223 e. The van der Waals surface area contributed by atoms with E-state index in [2.05, 4.69) is 5.32 Å². The quantitative estimate of drug-likeness (QED) is 0.879. The van der Waals surface area contributed by atoms with Gasteiger partial charge in [0.1, 0.15) is 5.82 Å². The van der Waals surface area contributed by atoms with Gasteiger partial charge in [0.2, 0.25) is 5.91 Å². The van der Waals surface area contributed by atoms with Crippen molar-refractivity contribution < 1.29 is 9.18 Å². The molecule has 0 aliphatic heterocycles. The predicted octanol–water partition coefficient (Wildman–Crippen LogP) is 2.19. The molecule has 0 saturated heterocycles. The van der Waals surface area contributed by atoms with Crippen LogP contribution in [0.3, 0.4) is 0 Å². The van der Waals surface area contributed by atoms with Gasteiger partial charge in [-0.15, -0.1) is 0 Å². The Kier molecular flexibility index (Phi) is 4.20. The van der Waals surface area contributed by atoms with Crippen molar-refractivity contribution in [3.63, 3.8) is 0 Å². The normalized spacial score (nSPS) is 22.5. The van der Waals surface area contributed by atoms with Gasteiger partial charge < -0.3 is 11.1 Å². The number of nitrogens with one attached hydrogen (secondary N) is 1. The highest BCUT2D eigenvalue weighted by molar-refractivity contribution is 5.79. The Morgan fingerprint density at radius 2 is 2.00 bits per heavy atom. The molecule has 0 aromatic heterocycles. The summed E-state index contributed by atoms with van der Waals surface area (Å²) in [6.07, 6.45) is 2.56. The topological polar surface area (TPSA) is 55.1 Å². The van der Waals surface area contributed by atoms with Crippen LogP contribution >= 0.6 is 0 Å². The molecule has 2 rings (SSSR count). The van der Waals surface area contributed by atoms with Crippen molar-refractivity contribution in [2.45, 2.75) is 45.7 Å². The maximum atomic E-state index is 13.5. The van der Waals surface area contributed by atoms with Crippen LogP contribution in [0.2, 0.25) is 0 Å². The fourth-order valence-corrected chi connectivity index (χ4v) is 2.73. The van der Waals surface area contributed by atoms with E-state index in [1.165, 1.54) is 0 Å². The highest BCUT2D eigenvalue weighted by Crippen LogP contribution is 2.24. The summed E-state index contributed by atoms with van der Waals surface area (Å²) in [4.78, 5) is 12.0. The predicted molar refractivity (Wildman–Crippen MR) is 73.0 cm³/mol. The van der Waals surface area contributed by atoms with Gasteiger partial charge >= 0.3 is 0 Å². The third-order valence-corrected chi connectivity index (χ3v) is 3.81. The molecule has 0 spiro atoms. The molecule has 1 fully saturated rings. The molecular weight excluding hydrogens is 243 g/mol. The average molecular weight is 264 g/mol. The molecule has 104 valence electrons. The highest BCUT2D eigenvalue weighted by Gasteiger charge is 2.27. The van der Waals surface area contributed by atoms with Crippen LogP contribution in [0.5, 0.6) is 0 Å². The molecule has 1 amide bonds. The number of carbonyl (C=O) groups excluding carboxylic acids is 1. The van der Waals surface area contributed by atoms with Crippen molar-refractivity contribution in [3.8, 4) is 0 Å². The second-order valence-electron chi connectivity index (χ2n) is 5.53. The molecule has 3 nitrogen and oxygen atoms in total. The average Bonchev–Trinajstić information content (AvgIpc) is 2.79. The van der Waals surface area contributed by atoms with Gasteiger partial charge in [-0.3, -0.25) is 4.79 Å². The molecule has 1 saturated carbocycles. The van der Waals surface area contributed by atoms with E-state index in [0.717, 1.165) is 24.8 Å². The summed E-state index contributed by atoms with van der Waals surface area (Å²) in [7, 11) is 0. The molecule has 1 aromatic carbocycles. The zero-order chi connectivity index (χ0) is 14.0. The Morgan fingerprint density at radius 3 is 2.53 bits per heavy atom. The molecule has 19 heavy (non-hydrogen) atoms. The molecular formula is C15H21FN2O. The summed E-state index contributed by atoms with van der Waals surface area (Å²) in [5.74, 6) is -0.0675. The number of hydrogen-bond acceptors (Lipinski definition) is 2. The van der Waals surface area contributed by atoms with E-state index in [4.69, 9.17) is 5.73 Å². The van der Waals surface area contributed by atoms with Crippen molar-refractivity contribution in [2.75, 3.05) is 0 Å². The first kappa shape index (κ1) is 14.0. The van der Waals surface area contributed by atoms with Gasteiger partial charge in [0, 0.05) is 18.5 Å². The first-order chi connectivity index (χ1) is 8.97. The monoisotopic (exact) mass is 264 g/mol. The number of amides is 1. The van der Waals surface area contributed by atoms with Gasteiger partial charge in [-0.25, -0.2) is 4.39 Å². The zero-order valence-electron chi connectivity index (χ0n) is 11.5. The fourth-order valence-electron chi connectivity index (χ4n) is 2.73. The lowest BCUT2D eigenvalue weighted by Gasteiger charge is -2.12. The molecule has 0 radical (unpaired) electrons. The van der Waals surface area contributed by atoms with Crippen LogP contribution in [0.15, 0.2) is 12.1 Å². The van der Waals surface area contributed by atoms with Gasteiger partial charge in [0.15, 0.2) is 0 Å². The minimum Gasteiger partial charge on any atom is -0.352 e. The molecule has 1 aromatic rings. The summed E-state index contributed by atoms with van der Waals surface area (Å²) in [6.45, 7) is 3.93. The van der Waals surface area contributed by atoms with Gasteiger partial charge in [0.25, 0.3) is 0 Å². The van der Waals surface area contributed by atoms with E-state index < -0.39 is 0 Å². The molecule has 4 heteroatoms. The lowest BCUT2D eigenvalue weighted by atomic mass is 10.0. The smallest absolute Gasteiger partial charge is 0.223 e. The Hall–Kier alpha value is -1.42. The Bertz CT molecular complexity index is 464. The van der Waals surface area contributed by atoms with E-state index in [9.17, 15) is 9.18 Å². The van der Waals surface area contributed by atoms with Crippen molar-refractivity contribution in [1.29, 1.82) is 0 Å². The van der Waals surface area contributed by atoms with Crippen LogP contribution in [0.4, 0.5) is 4.39 Å². The molecule has 0 heterocycles. The van der Waals surface area contributed by atoms with E-state index in [0.29, 0.717) is 17.7 Å². The standard InChI is InChI=1S/C15H21FN2O/c1-9-5-11(6-10(2)14(9)16)8-18-15(19)12-3-4-13(17)7-12/h5-6,12-13H,3-4,7-8,17H2,1-2H3,(H,18,19). The molecule has 3 N–H and O–H groups in total. The number of halogens is 1. The lowest BCUT2D eigenvalue weighted by molar-refractivity contribution is -0.125. The number of carbonyl (C=O) groups is 1. The number of nitrogens with two attached hydrogens (primary N) is 1. The minimum atomic E-state index is -0.170. The largest absolute Gasteiger partial charge is 0.352 e. The van der Waals surface area contributed by atoms with Gasteiger partial charge in [-0.05, 0) is 49.8 Å². The minimum absolute atomic E-state index is 0.0395. The Balaban J connectivity index is 1.94. The molecule has 2 unspecified atom stereocenters. The van der Waals surface area contributed by atoms with Crippen LogP contribution in [0.25, 0.3) is 0 Å². The lowest BCUT2D eigenvalue weighted by Crippen LogP contribution is -2.30. The Morgan fingerprint density at radius 1 is 1.37 bits per heavy atom. The van der Waals surface area contributed by atoms with Crippen molar-refractivity contribution in [2.24, 2.45) is 11.7 Å². The summed E-state index contributed by atoms with van der Waals surface area (Å²) >= 11 is 0. The summed E-state index contributed by atoms with van der Waals surface area (Å²) in [5, 5.41) is 2.92. The third-order valence-electron chi connectivity index (χ3n) is 3.81. The van der Waals surface area contributed by atoms with Gasteiger partial charge in [-0.2, -0.15) is 0 Å². The number of aryl methyl sites for hydroxylation is 2. The van der Waals surface area contributed by atoms with E-state index >= 15 is 0 Å². The van der Waals surface area contributed by atoms with Crippen LogP contribution in [-0.4, -0.2) is 11.9 Å². The summed E-state index contributed by atoms with van der Waals surface area (Å²) < 4.78 is 13.5. The van der Waals surface area contributed by atoms with Crippen molar-refractivity contribution in [1.82, 2.24) is 5.32 Å². The fraction of sp³-hybridized carbons (Fsp3) is 0.533. The van der Waals surface area contributed by atoms with E-state index in [-0.39, 0.29) is 23.7 Å². The van der Waals surface area contributed by atoms with Crippen molar-refractivity contribution >= 4 is 5.91 Å². The molecule has 1 aliphatic rings. The van der Waals surface area contributed by atoms with Crippen molar-refractivity contribution in [3.05, 3.63) is 34.6 Å². The maximum absolute atomic E-state index is 13.5. The van der Waals surface area contributed by atoms with E-state index in [1.54, 1.807) is 26.0 Å². The van der Waals surface area contributed by atoms with Crippen LogP contribution in [0, 0.1) is 25.6 Å². The van der Waals surface area contributed by atoms with E-state index in [1.807, 2.05) is 0 Å². The highest BCUT2D eigenvalue weighted by atomic mass is 19.1. The van der Waals surface area contributed by atoms with Crippen LogP contribution in [-0.2, 0) is 11.3 Å².